The van der Waals surface area contributed by atoms with E-state index in [1.807, 2.05) is 45.0 Å². The zero-order chi connectivity index (χ0) is 16.9. The first kappa shape index (κ1) is 17.5. The van der Waals surface area contributed by atoms with Crippen LogP contribution in [-0.4, -0.2) is 29.0 Å². The molecule has 2 rings (SSSR count). The lowest BCUT2D eigenvalue weighted by atomic mass is 10.1. The number of hydrogen-bond acceptors (Lipinski definition) is 5. The van der Waals surface area contributed by atoms with Crippen LogP contribution in [-0.2, 0) is 4.74 Å². The molecule has 0 aliphatic carbocycles. The van der Waals surface area contributed by atoms with Crippen LogP contribution in [0, 0.1) is 0 Å². The third-order valence-corrected chi connectivity index (χ3v) is 3.54. The first-order valence-electron chi connectivity index (χ1n) is 8.12. The van der Waals surface area contributed by atoms with Crippen molar-refractivity contribution in [3.8, 4) is 17.2 Å². The fraction of sp³-hybridized carbons (Fsp3) is 0.556. The van der Waals surface area contributed by atoms with E-state index in [0.717, 1.165) is 17.7 Å². The van der Waals surface area contributed by atoms with Crippen LogP contribution < -0.4 is 4.74 Å². The van der Waals surface area contributed by atoms with E-state index in [0.29, 0.717) is 25.0 Å². The van der Waals surface area contributed by atoms with Crippen molar-refractivity contribution in [3.05, 3.63) is 30.2 Å². The molecule has 126 valence electrons. The second-order valence-corrected chi connectivity index (χ2v) is 6.42. The Morgan fingerprint density at radius 3 is 2.39 bits per heavy atom. The zero-order valence-corrected chi connectivity index (χ0v) is 14.6. The van der Waals surface area contributed by atoms with Gasteiger partial charge in [0.25, 0.3) is 0 Å². The van der Waals surface area contributed by atoms with Gasteiger partial charge in [0.05, 0.1) is 12.2 Å². The molecule has 0 unspecified atom stereocenters. The topological polar surface area (TPSA) is 57.4 Å². The number of aromatic nitrogens is 2. The van der Waals surface area contributed by atoms with Gasteiger partial charge in [-0.1, -0.05) is 13.8 Å². The largest absolute Gasteiger partial charge is 0.493 e. The lowest BCUT2D eigenvalue weighted by molar-refractivity contribution is -0.0238. The first-order valence-corrected chi connectivity index (χ1v) is 8.12. The molecule has 23 heavy (non-hydrogen) atoms. The predicted octanol–water partition coefficient (Wildman–Crippen LogP) is 4.44. The summed E-state index contributed by atoms with van der Waals surface area (Å²) in [6, 6.07) is 7.70. The van der Waals surface area contributed by atoms with Gasteiger partial charge in [-0.25, -0.2) is 0 Å². The molecule has 0 spiro atoms. The predicted molar refractivity (Wildman–Crippen MR) is 89.6 cm³/mol. The molecule has 1 aromatic heterocycles. The lowest BCUT2D eigenvalue weighted by Crippen LogP contribution is -2.26. The zero-order valence-electron chi connectivity index (χ0n) is 14.6. The third-order valence-electron chi connectivity index (χ3n) is 3.54. The van der Waals surface area contributed by atoms with Crippen LogP contribution in [0.2, 0.25) is 0 Å². The van der Waals surface area contributed by atoms with Gasteiger partial charge in [-0.15, -0.1) is 10.2 Å². The number of benzene rings is 1. The van der Waals surface area contributed by atoms with Crippen LogP contribution in [0.1, 0.15) is 52.8 Å². The molecule has 0 bridgehead atoms. The Morgan fingerprint density at radius 2 is 1.83 bits per heavy atom. The van der Waals surface area contributed by atoms with Crippen LogP contribution in [0.5, 0.6) is 5.75 Å². The second kappa shape index (κ2) is 7.59. The highest BCUT2D eigenvalue weighted by molar-refractivity contribution is 5.53. The summed E-state index contributed by atoms with van der Waals surface area (Å²) in [7, 11) is 0. The van der Waals surface area contributed by atoms with Gasteiger partial charge in [-0.3, -0.25) is 0 Å². The summed E-state index contributed by atoms with van der Waals surface area (Å²) < 4.78 is 17.1. The number of rotatable bonds is 8. The summed E-state index contributed by atoms with van der Waals surface area (Å²) in [5.41, 5.74) is 0.734. The van der Waals surface area contributed by atoms with Gasteiger partial charge in [-0.05, 0) is 45.0 Å². The van der Waals surface area contributed by atoms with Crippen molar-refractivity contribution in [1.82, 2.24) is 10.2 Å². The highest BCUT2D eigenvalue weighted by Gasteiger charge is 2.17. The van der Waals surface area contributed by atoms with E-state index >= 15 is 0 Å². The first-order chi connectivity index (χ1) is 10.9. The Labute approximate surface area is 138 Å². The van der Waals surface area contributed by atoms with E-state index in [9.17, 15) is 0 Å². The molecule has 0 radical (unpaired) electrons. The van der Waals surface area contributed by atoms with Crippen molar-refractivity contribution >= 4 is 0 Å². The molecule has 0 atom stereocenters. The second-order valence-electron chi connectivity index (χ2n) is 6.42. The Hall–Kier alpha value is -1.88. The molecule has 1 aromatic carbocycles. The maximum absolute atomic E-state index is 5.78. The third kappa shape index (κ3) is 5.06. The number of ether oxygens (including phenoxy) is 2. The summed E-state index contributed by atoms with van der Waals surface area (Å²) in [5, 5.41) is 8.13. The summed E-state index contributed by atoms with van der Waals surface area (Å²) >= 11 is 0. The van der Waals surface area contributed by atoms with E-state index in [-0.39, 0.29) is 11.5 Å². The summed E-state index contributed by atoms with van der Waals surface area (Å²) in [4.78, 5) is 0. The van der Waals surface area contributed by atoms with Gasteiger partial charge in [0.2, 0.25) is 11.8 Å². The minimum absolute atomic E-state index is 0.161. The van der Waals surface area contributed by atoms with E-state index in [1.54, 1.807) is 0 Å². The number of hydrogen-bond donors (Lipinski definition) is 0. The van der Waals surface area contributed by atoms with Crippen LogP contribution in [0.4, 0.5) is 0 Å². The minimum atomic E-state index is -0.161. The maximum atomic E-state index is 5.78. The molecule has 1 heterocycles. The molecule has 5 nitrogen and oxygen atoms in total. The van der Waals surface area contributed by atoms with E-state index in [1.165, 1.54) is 0 Å². The molecule has 0 aliphatic rings. The van der Waals surface area contributed by atoms with Crippen molar-refractivity contribution in [3.63, 3.8) is 0 Å². The van der Waals surface area contributed by atoms with Crippen LogP contribution >= 0.6 is 0 Å². The molecule has 0 saturated heterocycles. The molecular weight excluding hydrogens is 292 g/mol. The van der Waals surface area contributed by atoms with Gasteiger partial charge in [-0.2, -0.15) is 0 Å². The van der Waals surface area contributed by atoms with Crippen LogP contribution in [0.25, 0.3) is 11.5 Å². The van der Waals surface area contributed by atoms with Crippen molar-refractivity contribution < 1.29 is 13.9 Å². The van der Waals surface area contributed by atoms with Crippen molar-refractivity contribution in [1.29, 1.82) is 0 Å². The standard InChI is InChI=1S/C18H26N2O3/c1-6-22-18(4,5)11-12-21-15-9-7-14(8-10-15)17-20-19-16(23-17)13(2)3/h7-10,13H,6,11-12H2,1-5H3. The molecule has 0 aliphatic heterocycles. The Bertz CT molecular complexity index is 603. The van der Waals surface area contributed by atoms with Crippen molar-refractivity contribution in [2.45, 2.75) is 52.6 Å². The average Bonchev–Trinajstić information content (AvgIpc) is 2.98. The van der Waals surface area contributed by atoms with E-state index < -0.39 is 0 Å². The normalized spacial score (nSPS) is 11.9. The van der Waals surface area contributed by atoms with Crippen LogP contribution in [0.3, 0.4) is 0 Å². The minimum Gasteiger partial charge on any atom is -0.493 e. The summed E-state index contributed by atoms with van der Waals surface area (Å²) in [6.07, 6.45) is 0.837. The average molecular weight is 318 g/mol. The molecule has 0 saturated carbocycles. The molecule has 2 aromatic rings. The molecule has 0 N–H and O–H groups in total. The molecular formula is C18H26N2O3. The summed E-state index contributed by atoms with van der Waals surface area (Å²) in [6.45, 7) is 11.5. The maximum Gasteiger partial charge on any atom is 0.247 e. The van der Waals surface area contributed by atoms with Gasteiger partial charge in [0, 0.05) is 24.5 Å². The van der Waals surface area contributed by atoms with Crippen molar-refractivity contribution in [2.24, 2.45) is 0 Å². The smallest absolute Gasteiger partial charge is 0.247 e. The molecule has 0 amide bonds. The fourth-order valence-corrected chi connectivity index (χ4v) is 2.16. The van der Waals surface area contributed by atoms with Crippen LogP contribution in [0.15, 0.2) is 28.7 Å². The highest BCUT2D eigenvalue weighted by atomic mass is 16.5. The Kier molecular flexibility index (Phi) is 5.77. The molecule has 0 fully saturated rings. The SMILES string of the molecule is CCOC(C)(C)CCOc1ccc(-c2nnc(C(C)C)o2)cc1. The monoisotopic (exact) mass is 318 g/mol. The van der Waals surface area contributed by atoms with E-state index in [2.05, 4.69) is 24.0 Å². The quantitative estimate of drug-likeness (QED) is 0.720. The lowest BCUT2D eigenvalue weighted by Gasteiger charge is -2.24. The highest BCUT2D eigenvalue weighted by Crippen LogP contribution is 2.24. The summed E-state index contributed by atoms with van der Waals surface area (Å²) in [5.74, 6) is 2.24. The Morgan fingerprint density at radius 1 is 1.13 bits per heavy atom. The van der Waals surface area contributed by atoms with Gasteiger partial charge < -0.3 is 13.9 Å². The Balaban J connectivity index is 1.91. The van der Waals surface area contributed by atoms with Crippen molar-refractivity contribution in [2.75, 3.05) is 13.2 Å². The fourth-order valence-electron chi connectivity index (χ4n) is 2.16. The number of nitrogens with zero attached hydrogens (tertiary/aromatic N) is 2. The van der Waals surface area contributed by atoms with Gasteiger partial charge in [0.1, 0.15) is 5.75 Å². The molecule has 5 heteroatoms. The van der Waals surface area contributed by atoms with Gasteiger partial charge >= 0.3 is 0 Å². The van der Waals surface area contributed by atoms with E-state index in [4.69, 9.17) is 13.9 Å². The van der Waals surface area contributed by atoms with Gasteiger partial charge in [0.15, 0.2) is 0 Å².